The van der Waals surface area contributed by atoms with Crippen LogP contribution < -0.4 is 5.32 Å². The maximum absolute atomic E-state index is 4.57. The van der Waals surface area contributed by atoms with E-state index in [0.717, 1.165) is 11.7 Å². The Kier molecular flexibility index (Phi) is 3.14. The van der Waals surface area contributed by atoms with E-state index in [1.165, 1.54) is 60.7 Å². The van der Waals surface area contributed by atoms with Crippen LogP contribution in [0, 0.1) is 5.92 Å². The number of aromatic nitrogens is 2. The van der Waals surface area contributed by atoms with Crippen molar-refractivity contribution in [2.45, 2.75) is 57.9 Å². The van der Waals surface area contributed by atoms with Crippen molar-refractivity contribution in [1.29, 1.82) is 0 Å². The van der Waals surface area contributed by atoms with Crippen molar-refractivity contribution in [3.05, 3.63) is 16.8 Å². The molecule has 0 bridgehead atoms. The smallest absolute Gasteiger partial charge is 0.138 e. The summed E-state index contributed by atoms with van der Waals surface area (Å²) in [5.74, 6) is 1.84. The van der Waals surface area contributed by atoms with E-state index < -0.39 is 0 Å². The lowest BCUT2D eigenvalue weighted by molar-refractivity contribution is 0.349. The van der Waals surface area contributed by atoms with Gasteiger partial charge >= 0.3 is 0 Å². The van der Waals surface area contributed by atoms with Crippen molar-refractivity contribution in [2.24, 2.45) is 5.92 Å². The fourth-order valence-electron chi connectivity index (χ4n) is 3.74. The molecule has 0 radical (unpaired) electrons. The van der Waals surface area contributed by atoms with Gasteiger partial charge in [0.05, 0.1) is 5.39 Å². The van der Waals surface area contributed by atoms with Crippen LogP contribution in [0.1, 0.15) is 49.5 Å². The highest BCUT2D eigenvalue weighted by atomic mass is 32.1. The van der Waals surface area contributed by atoms with E-state index in [4.69, 9.17) is 0 Å². The average molecular weight is 287 g/mol. The molecule has 2 aromatic heterocycles. The Hall–Kier alpha value is -1.16. The second kappa shape index (κ2) is 4.99. The summed E-state index contributed by atoms with van der Waals surface area (Å²) in [6.45, 7) is 2.37. The maximum Gasteiger partial charge on any atom is 0.138 e. The molecule has 1 fully saturated rings. The van der Waals surface area contributed by atoms with Crippen molar-refractivity contribution in [3.63, 3.8) is 0 Å². The summed E-state index contributed by atoms with van der Waals surface area (Å²) in [6.07, 6.45) is 10.8. The number of aryl methyl sites for hydroxylation is 2. The molecule has 106 valence electrons. The number of nitrogens with zero attached hydrogens (tertiary/aromatic N) is 2. The summed E-state index contributed by atoms with van der Waals surface area (Å²) in [5, 5.41) is 5.07. The fourth-order valence-corrected chi connectivity index (χ4v) is 4.97. The molecule has 2 aromatic rings. The molecule has 0 saturated heterocycles. The van der Waals surface area contributed by atoms with Crippen LogP contribution in [-0.2, 0) is 12.8 Å². The zero-order chi connectivity index (χ0) is 13.5. The number of anilines is 1. The third-order valence-corrected chi connectivity index (χ3v) is 6.13. The molecule has 2 aliphatic rings. The summed E-state index contributed by atoms with van der Waals surface area (Å²) in [7, 11) is 0. The minimum atomic E-state index is 0.582. The zero-order valence-electron chi connectivity index (χ0n) is 12.0. The Labute approximate surface area is 123 Å². The second-order valence-corrected chi connectivity index (χ2v) is 7.36. The molecule has 3 nitrogen and oxygen atoms in total. The summed E-state index contributed by atoms with van der Waals surface area (Å²) in [5.41, 5.74) is 1.52. The van der Waals surface area contributed by atoms with Crippen LogP contribution in [0.5, 0.6) is 0 Å². The predicted molar refractivity (Wildman–Crippen MR) is 84.5 cm³/mol. The predicted octanol–water partition coefficient (Wildman–Crippen LogP) is 4.17. The van der Waals surface area contributed by atoms with Crippen LogP contribution in [0.4, 0.5) is 5.82 Å². The number of thiophene rings is 1. The summed E-state index contributed by atoms with van der Waals surface area (Å²) < 4.78 is 0. The number of hydrogen-bond donors (Lipinski definition) is 1. The molecule has 2 atom stereocenters. The molecule has 20 heavy (non-hydrogen) atoms. The Balaban J connectivity index is 1.72. The highest BCUT2D eigenvalue weighted by molar-refractivity contribution is 7.19. The Morgan fingerprint density at radius 2 is 2.05 bits per heavy atom. The zero-order valence-corrected chi connectivity index (χ0v) is 12.8. The van der Waals surface area contributed by atoms with Gasteiger partial charge in [-0.25, -0.2) is 9.97 Å². The largest absolute Gasteiger partial charge is 0.366 e. The van der Waals surface area contributed by atoms with Gasteiger partial charge in [-0.2, -0.15) is 0 Å². The minimum Gasteiger partial charge on any atom is -0.366 e. The van der Waals surface area contributed by atoms with Gasteiger partial charge in [-0.1, -0.05) is 19.8 Å². The summed E-state index contributed by atoms with van der Waals surface area (Å²) >= 11 is 1.87. The van der Waals surface area contributed by atoms with E-state index in [1.54, 1.807) is 11.2 Å². The average Bonchev–Trinajstić information content (AvgIpc) is 3.02. The molecule has 1 N–H and O–H groups in total. The molecular formula is C16H21N3S. The third-order valence-electron chi connectivity index (χ3n) is 4.93. The number of fused-ring (bicyclic) bond motifs is 3. The van der Waals surface area contributed by atoms with Crippen molar-refractivity contribution >= 4 is 27.4 Å². The molecule has 0 unspecified atom stereocenters. The highest BCUT2D eigenvalue weighted by Crippen LogP contribution is 2.39. The van der Waals surface area contributed by atoms with E-state index in [0.29, 0.717) is 6.04 Å². The van der Waals surface area contributed by atoms with E-state index in [-0.39, 0.29) is 0 Å². The summed E-state index contributed by atoms with van der Waals surface area (Å²) in [4.78, 5) is 11.8. The van der Waals surface area contributed by atoms with Crippen LogP contribution in [0.2, 0.25) is 0 Å². The molecule has 0 amide bonds. The van der Waals surface area contributed by atoms with Crippen LogP contribution in [0.3, 0.4) is 0 Å². The van der Waals surface area contributed by atoms with E-state index in [2.05, 4.69) is 22.2 Å². The van der Waals surface area contributed by atoms with Crippen LogP contribution in [0.15, 0.2) is 6.33 Å². The minimum absolute atomic E-state index is 0.582. The summed E-state index contributed by atoms with van der Waals surface area (Å²) in [6, 6.07) is 0.582. The topological polar surface area (TPSA) is 37.8 Å². The van der Waals surface area contributed by atoms with Gasteiger partial charge in [0.2, 0.25) is 0 Å². The van der Waals surface area contributed by atoms with Gasteiger partial charge in [-0.3, -0.25) is 0 Å². The number of nitrogens with one attached hydrogen (secondary N) is 1. The molecule has 0 spiro atoms. The quantitative estimate of drug-likeness (QED) is 0.900. The Bertz CT molecular complexity index is 634. The molecule has 0 aliphatic heterocycles. The van der Waals surface area contributed by atoms with Gasteiger partial charge < -0.3 is 5.32 Å². The first-order valence-electron chi connectivity index (χ1n) is 7.84. The first-order valence-corrected chi connectivity index (χ1v) is 8.66. The lowest BCUT2D eigenvalue weighted by Gasteiger charge is -2.30. The maximum atomic E-state index is 4.57. The van der Waals surface area contributed by atoms with E-state index in [1.807, 2.05) is 11.3 Å². The SMILES string of the molecule is C[C@H]1CCCC[C@@H]1Nc1ncnc2sc3c(c12)CCC3. The van der Waals surface area contributed by atoms with Gasteiger partial charge in [0.1, 0.15) is 17.0 Å². The lowest BCUT2D eigenvalue weighted by Crippen LogP contribution is -2.30. The van der Waals surface area contributed by atoms with Crippen LogP contribution in [0.25, 0.3) is 10.2 Å². The second-order valence-electron chi connectivity index (χ2n) is 6.27. The van der Waals surface area contributed by atoms with Crippen LogP contribution >= 0.6 is 11.3 Å². The van der Waals surface area contributed by atoms with Crippen molar-refractivity contribution in [3.8, 4) is 0 Å². The molecule has 2 aliphatic carbocycles. The fraction of sp³-hybridized carbons (Fsp3) is 0.625. The highest BCUT2D eigenvalue weighted by Gasteiger charge is 2.25. The molecular weight excluding hydrogens is 266 g/mol. The number of rotatable bonds is 2. The molecule has 2 heterocycles. The van der Waals surface area contributed by atoms with Crippen LogP contribution in [-0.4, -0.2) is 16.0 Å². The Morgan fingerprint density at radius 3 is 2.95 bits per heavy atom. The lowest BCUT2D eigenvalue weighted by atomic mass is 9.86. The van der Waals surface area contributed by atoms with Gasteiger partial charge in [0.15, 0.2) is 0 Å². The molecule has 4 heteroatoms. The monoisotopic (exact) mass is 287 g/mol. The molecule has 1 saturated carbocycles. The van der Waals surface area contributed by atoms with Gasteiger partial charge in [0, 0.05) is 10.9 Å². The Morgan fingerprint density at radius 1 is 1.15 bits per heavy atom. The normalized spacial score (nSPS) is 25.9. The molecule has 0 aromatic carbocycles. The van der Waals surface area contributed by atoms with Gasteiger partial charge in [-0.15, -0.1) is 11.3 Å². The standard InChI is InChI=1S/C16H21N3S/c1-10-5-2-3-7-12(10)19-15-14-11-6-4-8-13(11)20-16(14)18-9-17-15/h9-10,12H,2-8H2,1H3,(H,17,18,19)/t10-,12-/m0/s1. The molecule has 4 rings (SSSR count). The van der Waals surface area contributed by atoms with E-state index in [9.17, 15) is 0 Å². The van der Waals surface area contributed by atoms with Crippen molar-refractivity contribution in [2.75, 3.05) is 5.32 Å². The first-order chi connectivity index (χ1) is 9.83. The third kappa shape index (κ3) is 2.01. The van der Waals surface area contributed by atoms with Crippen molar-refractivity contribution < 1.29 is 0 Å². The van der Waals surface area contributed by atoms with E-state index >= 15 is 0 Å². The number of hydrogen-bond acceptors (Lipinski definition) is 4. The first kappa shape index (κ1) is 12.6. The van der Waals surface area contributed by atoms with Gasteiger partial charge in [0.25, 0.3) is 0 Å². The van der Waals surface area contributed by atoms with Gasteiger partial charge in [-0.05, 0) is 43.6 Å². The van der Waals surface area contributed by atoms with Crippen molar-refractivity contribution in [1.82, 2.24) is 9.97 Å².